The Hall–Kier alpha value is -2.40. The molecule has 21 heavy (non-hydrogen) atoms. The van der Waals surface area contributed by atoms with Gasteiger partial charge in [-0.05, 0) is 36.6 Å². The largest absolute Gasteiger partial charge is 0.387 e. The van der Waals surface area contributed by atoms with Gasteiger partial charge in [0.1, 0.15) is 0 Å². The van der Waals surface area contributed by atoms with Crippen LogP contribution in [0.5, 0.6) is 0 Å². The Morgan fingerprint density at radius 1 is 1.19 bits per heavy atom. The molecule has 0 radical (unpaired) electrons. The molecule has 0 saturated carbocycles. The molecule has 0 saturated heterocycles. The molecule has 1 unspecified atom stereocenters. The van der Waals surface area contributed by atoms with Gasteiger partial charge in [-0.3, -0.25) is 4.68 Å². The predicted molar refractivity (Wildman–Crippen MR) is 80.1 cm³/mol. The van der Waals surface area contributed by atoms with E-state index in [0.29, 0.717) is 12.1 Å². The molecule has 108 valence electrons. The van der Waals surface area contributed by atoms with Crippen LogP contribution in [-0.4, -0.2) is 24.7 Å². The second kappa shape index (κ2) is 5.93. The molecule has 5 heteroatoms. The standard InChI is InChI=1S/C16H18N4O/c1-19-12-13(11-17-19)7-8-16(21)15-9-10-20(18-15)14-5-3-2-4-6-14/h2-6,9-12,16,21H,7-8H2,1H3. The van der Waals surface area contributed by atoms with Gasteiger partial charge < -0.3 is 5.11 Å². The quantitative estimate of drug-likeness (QED) is 0.781. The monoisotopic (exact) mass is 282 g/mol. The van der Waals surface area contributed by atoms with E-state index in [0.717, 1.165) is 17.7 Å². The number of para-hydroxylation sites is 1. The number of aryl methyl sites for hydroxylation is 2. The van der Waals surface area contributed by atoms with Crippen LogP contribution in [0.15, 0.2) is 55.0 Å². The molecule has 1 N–H and O–H groups in total. The molecule has 5 nitrogen and oxygen atoms in total. The molecule has 3 rings (SSSR count). The van der Waals surface area contributed by atoms with Crippen LogP contribution in [0.3, 0.4) is 0 Å². The maximum absolute atomic E-state index is 10.2. The highest BCUT2D eigenvalue weighted by molar-refractivity contribution is 5.30. The van der Waals surface area contributed by atoms with Gasteiger partial charge in [0.15, 0.2) is 0 Å². The molecule has 0 aliphatic carbocycles. The number of nitrogens with zero attached hydrogens (tertiary/aromatic N) is 4. The van der Waals surface area contributed by atoms with Gasteiger partial charge in [0, 0.05) is 19.4 Å². The Morgan fingerprint density at radius 3 is 2.71 bits per heavy atom. The molecule has 1 aromatic carbocycles. The molecular weight excluding hydrogens is 264 g/mol. The molecular formula is C16H18N4O. The first-order chi connectivity index (χ1) is 10.2. The number of aromatic nitrogens is 4. The summed E-state index contributed by atoms with van der Waals surface area (Å²) in [7, 11) is 1.89. The Morgan fingerprint density at radius 2 is 2.00 bits per heavy atom. The van der Waals surface area contributed by atoms with E-state index < -0.39 is 6.10 Å². The first-order valence-electron chi connectivity index (χ1n) is 6.99. The Bertz CT molecular complexity index is 702. The lowest BCUT2D eigenvalue weighted by Gasteiger charge is -2.06. The average Bonchev–Trinajstić information content (AvgIpc) is 3.15. The molecule has 1 atom stereocenters. The summed E-state index contributed by atoms with van der Waals surface area (Å²) in [5.74, 6) is 0. The van der Waals surface area contributed by atoms with E-state index in [1.54, 1.807) is 9.36 Å². The highest BCUT2D eigenvalue weighted by atomic mass is 16.3. The van der Waals surface area contributed by atoms with Gasteiger partial charge in [-0.15, -0.1) is 0 Å². The fraction of sp³-hybridized carbons (Fsp3) is 0.250. The van der Waals surface area contributed by atoms with E-state index in [-0.39, 0.29) is 0 Å². The molecule has 0 aliphatic heterocycles. The number of rotatable bonds is 5. The molecule has 0 bridgehead atoms. The first kappa shape index (κ1) is 13.6. The van der Waals surface area contributed by atoms with Gasteiger partial charge in [0.2, 0.25) is 0 Å². The zero-order valence-corrected chi connectivity index (χ0v) is 11.9. The lowest BCUT2D eigenvalue weighted by atomic mass is 10.1. The molecule has 0 fully saturated rings. The summed E-state index contributed by atoms with van der Waals surface area (Å²) in [4.78, 5) is 0. The van der Waals surface area contributed by atoms with Crippen LogP contribution in [0, 0.1) is 0 Å². The normalized spacial score (nSPS) is 12.5. The van der Waals surface area contributed by atoms with Crippen molar-refractivity contribution in [3.63, 3.8) is 0 Å². The predicted octanol–water partition coefficient (Wildman–Crippen LogP) is 2.27. The van der Waals surface area contributed by atoms with Crippen molar-refractivity contribution in [1.29, 1.82) is 0 Å². The van der Waals surface area contributed by atoms with E-state index in [1.807, 2.05) is 62.0 Å². The summed E-state index contributed by atoms with van der Waals surface area (Å²) >= 11 is 0. The van der Waals surface area contributed by atoms with Crippen LogP contribution in [0.1, 0.15) is 23.8 Å². The van der Waals surface area contributed by atoms with E-state index in [9.17, 15) is 5.11 Å². The van der Waals surface area contributed by atoms with Crippen LogP contribution >= 0.6 is 0 Å². The summed E-state index contributed by atoms with van der Waals surface area (Å²) in [6.45, 7) is 0. The third-order valence-corrected chi connectivity index (χ3v) is 3.44. The molecule has 2 heterocycles. The second-order valence-electron chi connectivity index (χ2n) is 5.10. The van der Waals surface area contributed by atoms with E-state index >= 15 is 0 Å². The highest BCUT2D eigenvalue weighted by Gasteiger charge is 2.12. The van der Waals surface area contributed by atoms with Crippen molar-refractivity contribution < 1.29 is 5.11 Å². The lowest BCUT2D eigenvalue weighted by Crippen LogP contribution is -2.02. The zero-order valence-electron chi connectivity index (χ0n) is 11.9. The number of hydrogen-bond donors (Lipinski definition) is 1. The summed E-state index contributed by atoms with van der Waals surface area (Å²) in [6.07, 6.45) is 6.53. The minimum absolute atomic E-state index is 0.560. The lowest BCUT2D eigenvalue weighted by molar-refractivity contribution is 0.162. The third kappa shape index (κ3) is 3.20. The Kier molecular flexibility index (Phi) is 3.83. The van der Waals surface area contributed by atoms with Crippen molar-refractivity contribution in [2.75, 3.05) is 0 Å². The maximum Gasteiger partial charge on any atom is 0.0981 e. The van der Waals surface area contributed by atoms with Crippen molar-refractivity contribution in [2.24, 2.45) is 7.05 Å². The molecule has 0 spiro atoms. The summed E-state index contributed by atoms with van der Waals surface area (Å²) < 4.78 is 3.55. The van der Waals surface area contributed by atoms with Gasteiger partial charge >= 0.3 is 0 Å². The van der Waals surface area contributed by atoms with Crippen molar-refractivity contribution in [2.45, 2.75) is 18.9 Å². The summed E-state index contributed by atoms with van der Waals surface area (Å²) in [6, 6.07) is 11.7. The number of benzene rings is 1. The zero-order chi connectivity index (χ0) is 14.7. The van der Waals surface area contributed by atoms with Crippen LogP contribution < -0.4 is 0 Å². The number of aliphatic hydroxyl groups is 1. The van der Waals surface area contributed by atoms with Gasteiger partial charge in [-0.25, -0.2) is 4.68 Å². The van der Waals surface area contributed by atoms with Crippen molar-refractivity contribution in [3.8, 4) is 5.69 Å². The van der Waals surface area contributed by atoms with Gasteiger partial charge in [0.25, 0.3) is 0 Å². The van der Waals surface area contributed by atoms with Crippen LogP contribution in [-0.2, 0) is 13.5 Å². The van der Waals surface area contributed by atoms with Gasteiger partial charge in [-0.2, -0.15) is 10.2 Å². The van der Waals surface area contributed by atoms with E-state index in [4.69, 9.17) is 0 Å². The maximum atomic E-state index is 10.2. The summed E-state index contributed by atoms with van der Waals surface area (Å²) in [5.41, 5.74) is 2.81. The fourth-order valence-corrected chi connectivity index (χ4v) is 2.29. The van der Waals surface area contributed by atoms with E-state index in [2.05, 4.69) is 10.2 Å². The summed E-state index contributed by atoms with van der Waals surface area (Å²) in [5, 5.41) is 18.8. The van der Waals surface area contributed by atoms with Crippen molar-refractivity contribution >= 4 is 0 Å². The fourth-order valence-electron chi connectivity index (χ4n) is 2.29. The number of aliphatic hydroxyl groups excluding tert-OH is 1. The van der Waals surface area contributed by atoms with Crippen molar-refractivity contribution in [1.82, 2.24) is 19.6 Å². The average molecular weight is 282 g/mol. The van der Waals surface area contributed by atoms with Crippen LogP contribution in [0.25, 0.3) is 5.69 Å². The van der Waals surface area contributed by atoms with Crippen LogP contribution in [0.4, 0.5) is 0 Å². The number of hydrogen-bond acceptors (Lipinski definition) is 3. The van der Waals surface area contributed by atoms with Gasteiger partial charge in [0.05, 0.1) is 23.7 Å². The second-order valence-corrected chi connectivity index (χ2v) is 5.10. The first-order valence-corrected chi connectivity index (χ1v) is 6.99. The topological polar surface area (TPSA) is 55.9 Å². The molecule has 0 aliphatic rings. The SMILES string of the molecule is Cn1cc(CCC(O)c2ccn(-c3ccccc3)n2)cn1. The Balaban J connectivity index is 1.65. The smallest absolute Gasteiger partial charge is 0.0981 e. The Labute approximate surface area is 123 Å². The van der Waals surface area contributed by atoms with Gasteiger partial charge in [-0.1, -0.05) is 18.2 Å². The molecule has 2 aromatic heterocycles. The minimum atomic E-state index is -0.560. The molecule has 3 aromatic rings. The highest BCUT2D eigenvalue weighted by Crippen LogP contribution is 2.18. The minimum Gasteiger partial charge on any atom is -0.387 e. The third-order valence-electron chi connectivity index (χ3n) is 3.44. The van der Waals surface area contributed by atoms with E-state index in [1.165, 1.54) is 0 Å². The van der Waals surface area contributed by atoms with Crippen LogP contribution in [0.2, 0.25) is 0 Å². The van der Waals surface area contributed by atoms with Crippen molar-refractivity contribution in [3.05, 3.63) is 66.2 Å². The molecule has 0 amide bonds.